The van der Waals surface area contributed by atoms with Crippen LogP contribution in [0.2, 0.25) is 0 Å². The quantitative estimate of drug-likeness (QED) is 0.530. The molecule has 0 amide bonds. The van der Waals surface area contributed by atoms with E-state index in [1.54, 1.807) is 12.1 Å². The molecule has 1 aromatic heterocycles. The highest BCUT2D eigenvalue weighted by molar-refractivity contribution is 7.89. The van der Waals surface area contributed by atoms with E-state index < -0.39 is 10.0 Å². The van der Waals surface area contributed by atoms with E-state index in [0.29, 0.717) is 15.6 Å². The molecule has 1 fully saturated rings. The zero-order valence-corrected chi connectivity index (χ0v) is 19.3. The van der Waals surface area contributed by atoms with Crippen molar-refractivity contribution in [2.45, 2.75) is 58.5 Å². The topological polar surface area (TPSA) is 114 Å². The van der Waals surface area contributed by atoms with E-state index in [9.17, 15) is 13.2 Å². The zero-order valence-electron chi connectivity index (χ0n) is 17.6. The number of hydrogen-bond donors (Lipinski definition) is 3. The number of sulfonamides is 1. The van der Waals surface area contributed by atoms with E-state index >= 15 is 0 Å². The standard InChI is InChI=1S/C21H30N4O3S2/c1-13(2)12-30(27,28)25-17-10-8-16(9-11-17)23-21-24-20(22)19(29-21)18(26)15-6-4-14(3)5-7-15/h4-7,13,16-17,25H,8-12,22H2,1-3H3,(H,23,24)/t16-,17-. The number of nitrogens with one attached hydrogen (secondary N) is 2. The van der Waals surface area contributed by atoms with Crippen molar-refractivity contribution in [3.8, 4) is 0 Å². The number of nitrogens with zero attached hydrogens (tertiary/aromatic N) is 1. The maximum Gasteiger partial charge on any atom is 0.212 e. The summed E-state index contributed by atoms with van der Waals surface area (Å²) < 4.78 is 27.1. The molecule has 1 aliphatic rings. The second kappa shape index (κ2) is 9.45. The number of aryl methyl sites for hydroxylation is 1. The molecule has 0 saturated heterocycles. The summed E-state index contributed by atoms with van der Waals surface area (Å²) in [7, 11) is -3.23. The maximum absolute atomic E-state index is 12.7. The van der Waals surface area contributed by atoms with Crippen LogP contribution in [0.3, 0.4) is 0 Å². The summed E-state index contributed by atoms with van der Waals surface area (Å²) in [5.74, 6) is 0.374. The van der Waals surface area contributed by atoms with Crippen molar-refractivity contribution in [2.24, 2.45) is 5.92 Å². The van der Waals surface area contributed by atoms with Crippen LogP contribution in [0, 0.1) is 12.8 Å². The highest BCUT2D eigenvalue weighted by atomic mass is 32.2. The first-order valence-electron chi connectivity index (χ1n) is 10.3. The van der Waals surface area contributed by atoms with Crippen molar-refractivity contribution in [1.29, 1.82) is 0 Å². The largest absolute Gasteiger partial charge is 0.382 e. The maximum atomic E-state index is 12.7. The normalized spacial score (nSPS) is 19.7. The molecule has 0 spiro atoms. The van der Waals surface area contributed by atoms with E-state index in [0.717, 1.165) is 31.2 Å². The summed E-state index contributed by atoms with van der Waals surface area (Å²) >= 11 is 1.27. The number of carbonyl (C=O) groups excluding carboxylic acids is 1. The van der Waals surface area contributed by atoms with Crippen LogP contribution < -0.4 is 15.8 Å². The van der Waals surface area contributed by atoms with Crippen LogP contribution in [-0.2, 0) is 10.0 Å². The molecule has 0 atom stereocenters. The summed E-state index contributed by atoms with van der Waals surface area (Å²) in [6.07, 6.45) is 3.20. The Morgan fingerprint density at radius 3 is 2.37 bits per heavy atom. The molecule has 9 heteroatoms. The molecule has 4 N–H and O–H groups in total. The summed E-state index contributed by atoms with van der Waals surface area (Å²) in [6, 6.07) is 7.56. The van der Waals surface area contributed by atoms with Crippen molar-refractivity contribution in [1.82, 2.24) is 9.71 Å². The third kappa shape index (κ3) is 6.02. The highest BCUT2D eigenvalue weighted by Gasteiger charge is 2.26. The van der Waals surface area contributed by atoms with Gasteiger partial charge >= 0.3 is 0 Å². The lowest BCUT2D eigenvalue weighted by Crippen LogP contribution is -2.41. The van der Waals surface area contributed by atoms with E-state index in [1.165, 1.54) is 11.3 Å². The molecule has 1 heterocycles. The SMILES string of the molecule is Cc1ccc(C(=O)c2sc(N[C@H]3CC[C@H](NS(=O)(=O)CC(C)C)CC3)nc2N)cc1. The van der Waals surface area contributed by atoms with E-state index in [2.05, 4.69) is 15.0 Å². The Labute approximate surface area is 182 Å². The lowest BCUT2D eigenvalue weighted by atomic mass is 9.92. The molecule has 0 radical (unpaired) electrons. The van der Waals surface area contributed by atoms with Gasteiger partial charge < -0.3 is 11.1 Å². The van der Waals surface area contributed by atoms with Crippen molar-refractivity contribution in [3.63, 3.8) is 0 Å². The molecule has 1 saturated carbocycles. The lowest BCUT2D eigenvalue weighted by molar-refractivity contribution is 0.104. The fraction of sp³-hybridized carbons (Fsp3) is 0.524. The van der Waals surface area contributed by atoms with Gasteiger partial charge in [0.2, 0.25) is 15.8 Å². The molecule has 2 aromatic rings. The van der Waals surface area contributed by atoms with Crippen LogP contribution in [0.15, 0.2) is 24.3 Å². The number of anilines is 2. The van der Waals surface area contributed by atoms with Crippen molar-refractivity contribution in [2.75, 3.05) is 16.8 Å². The van der Waals surface area contributed by atoms with Crippen LogP contribution in [-0.4, -0.2) is 37.0 Å². The second-order valence-electron chi connectivity index (χ2n) is 8.41. The van der Waals surface area contributed by atoms with Crippen molar-refractivity contribution in [3.05, 3.63) is 40.3 Å². The lowest BCUT2D eigenvalue weighted by Gasteiger charge is -2.29. The summed E-state index contributed by atoms with van der Waals surface area (Å²) in [5, 5.41) is 4.00. The number of thiazole rings is 1. The molecule has 30 heavy (non-hydrogen) atoms. The minimum Gasteiger partial charge on any atom is -0.382 e. The summed E-state index contributed by atoms with van der Waals surface area (Å²) in [5.41, 5.74) is 7.69. The Kier molecular flexibility index (Phi) is 7.15. The molecular formula is C21H30N4O3S2. The number of nitrogen functional groups attached to an aromatic ring is 1. The van der Waals surface area contributed by atoms with Gasteiger partial charge in [-0.25, -0.2) is 18.1 Å². The third-order valence-electron chi connectivity index (χ3n) is 5.13. The van der Waals surface area contributed by atoms with Gasteiger partial charge in [0, 0.05) is 17.6 Å². The Balaban J connectivity index is 1.56. The number of hydrogen-bond acceptors (Lipinski definition) is 7. The van der Waals surface area contributed by atoms with Crippen LogP contribution in [0.4, 0.5) is 10.9 Å². The number of rotatable bonds is 8. The average Bonchev–Trinajstić information content (AvgIpc) is 3.02. The third-order valence-corrected chi connectivity index (χ3v) is 7.93. The first kappa shape index (κ1) is 22.7. The Morgan fingerprint density at radius 1 is 1.17 bits per heavy atom. The Hall–Kier alpha value is -1.97. The van der Waals surface area contributed by atoms with Crippen LogP contribution in [0.5, 0.6) is 0 Å². The van der Waals surface area contributed by atoms with Gasteiger partial charge in [0.25, 0.3) is 0 Å². The van der Waals surface area contributed by atoms with Gasteiger partial charge in [0.05, 0.1) is 5.75 Å². The molecule has 0 aliphatic heterocycles. The number of ketones is 1. The molecule has 3 rings (SSSR count). The van der Waals surface area contributed by atoms with Gasteiger partial charge in [0.15, 0.2) is 5.13 Å². The predicted molar refractivity (Wildman–Crippen MR) is 123 cm³/mol. The fourth-order valence-corrected chi connectivity index (χ4v) is 6.30. The summed E-state index contributed by atoms with van der Waals surface area (Å²) in [6.45, 7) is 5.77. The molecule has 0 bridgehead atoms. The van der Waals surface area contributed by atoms with E-state index in [4.69, 9.17) is 5.73 Å². The fourth-order valence-electron chi connectivity index (χ4n) is 3.66. The zero-order chi connectivity index (χ0) is 21.9. The molecule has 0 unspecified atom stereocenters. The molecule has 7 nitrogen and oxygen atoms in total. The number of benzene rings is 1. The minimum atomic E-state index is -3.23. The Morgan fingerprint density at radius 2 is 1.77 bits per heavy atom. The molecule has 1 aliphatic carbocycles. The van der Waals surface area contributed by atoms with E-state index in [1.807, 2.05) is 32.9 Å². The molecular weight excluding hydrogens is 420 g/mol. The number of aromatic nitrogens is 1. The van der Waals surface area contributed by atoms with Crippen LogP contribution >= 0.6 is 11.3 Å². The Bertz CT molecular complexity index is 976. The van der Waals surface area contributed by atoms with Crippen molar-refractivity contribution >= 4 is 38.1 Å². The first-order valence-corrected chi connectivity index (χ1v) is 12.7. The number of nitrogens with two attached hydrogens (primary N) is 1. The van der Waals surface area contributed by atoms with Crippen molar-refractivity contribution < 1.29 is 13.2 Å². The van der Waals surface area contributed by atoms with Crippen LogP contribution in [0.1, 0.15) is 60.3 Å². The molecule has 1 aromatic carbocycles. The van der Waals surface area contributed by atoms with Gasteiger partial charge in [-0.1, -0.05) is 55.0 Å². The summed E-state index contributed by atoms with van der Waals surface area (Å²) in [4.78, 5) is 17.5. The van der Waals surface area contributed by atoms with Gasteiger partial charge in [-0.15, -0.1) is 0 Å². The second-order valence-corrected chi connectivity index (χ2v) is 11.2. The first-order chi connectivity index (χ1) is 14.1. The number of carbonyl (C=O) groups is 1. The highest BCUT2D eigenvalue weighted by Crippen LogP contribution is 2.30. The smallest absolute Gasteiger partial charge is 0.212 e. The van der Waals surface area contributed by atoms with Gasteiger partial charge in [0.1, 0.15) is 10.7 Å². The van der Waals surface area contributed by atoms with Crippen LogP contribution in [0.25, 0.3) is 0 Å². The van der Waals surface area contributed by atoms with Gasteiger partial charge in [-0.3, -0.25) is 4.79 Å². The van der Waals surface area contributed by atoms with E-state index in [-0.39, 0.29) is 35.4 Å². The minimum absolute atomic E-state index is 0.0214. The average molecular weight is 451 g/mol. The predicted octanol–water partition coefficient (Wildman–Crippen LogP) is 3.56. The van der Waals surface area contributed by atoms with Gasteiger partial charge in [-0.2, -0.15) is 0 Å². The van der Waals surface area contributed by atoms with Gasteiger partial charge in [-0.05, 0) is 38.5 Å². The monoisotopic (exact) mass is 450 g/mol. The molecule has 164 valence electrons.